The van der Waals surface area contributed by atoms with Gasteiger partial charge in [0, 0.05) is 11.3 Å². The number of carbonyl (C=O) groups excluding carboxylic acids is 1. The van der Waals surface area contributed by atoms with Crippen molar-refractivity contribution in [2.45, 2.75) is 12.1 Å². The van der Waals surface area contributed by atoms with Crippen LogP contribution in [0.4, 0.5) is 0 Å². The zero-order valence-electron chi connectivity index (χ0n) is 19.6. The molecule has 0 bridgehead atoms. The van der Waals surface area contributed by atoms with Crippen molar-refractivity contribution in [1.82, 2.24) is 20.2 Å². The van der Waals surface area contributed by atoms with Gasteiger partial charge in [0.15, 0.2) is 22.5 Å². The van der Waals surface area contributed by atoms with E-state index in [0.717, 1.165) is 22.4 Å². The Morgan fingerprint density at radius 1 is 1.00 bits per heavy atom. The smallest absolute Gasteiger partial charge is 0.250 e. The number of nitrogens with zero attached hydrogens (tertiary/aromatic N) is 4. The maximum atomic E-state index is 12.5. The van der Waals surface area contributed by atoms with Crippen molar-refractivity contribution in [3.05, 3.63) is 83.9 Å². The Morgan fingerprint density at radius 3 is 2.46 bits per heavy atom. The van der Waals surface area contributed by atoms with E-state index in [-0.39, 0.29) is 11.7 Å². The van der Waals surface area contributed by atoms with Crippen LogP contribution >= 0.6 is 11.8 Å². The van der Waals surface area contributed by atoms with Crippen LogP contribution in [0.5, 0.6) is 11.5 Å². The third-order valence-electron chi connectivity index (χ3n) is 5.10. The highest BCUT2D eigenvalue weighted by Gasteiger charge is 2.17. The van der Waals surface area contributed by atoms with Gasteiger partial charge in [-0.15, -0.1) is 10.2 Å². The second-order valence-electron chi connectivity index (χ2n) is 7.54. The van der Waals surface area contributed by atoms with Gasteiger partial charge in [-0.2, -0.15) is 5.10 Å². The molecule has 1 amide bonds. The van der Waals surface area contributed by atoms with Crippen molar-refractivity contribution in [3.63, 3.8) is 0 Å². The normalized spacial score (nSPS) is 10.9. The largest absolute Gasteiger partial charge is 0.493 e. The molecule has 0 unspecified atom stereocenters. The first kappa shape index (κ1) is 24.0. The van der Waals surface area contributed by atoms with E-state index >= 15 is 0 Å². The van der Waals surface area contributed by atoms with E-state index in [1.165, 1.54) is 11.8 Å². The van der Waals surface area contributed by atoms with Crippen LogP contribution in [0.15, 0.2) is 83.1 Å². The summed E-state index contributed by atoms with van der Waals surface area (Å²) in [6.45, 7) is 2.04. The van der Waals surface area contributed by atoms with Gasteiger partial charge in [0.05, 0.1) is 26.2 Å². The molecule has 0 aliphatic rings. The van der Waals surface area contributed by atoms with E-state index in [4.69, 9.17) is 9.47 Å². The van der Waals surface area contributed by atoms with Gasteiger partial charge in [0.1, 0.15) is 0 Å². The molecular weight excluding hydrogens is 462 g/mol. The number of thioether (sulfide) groups is 1. The maximum Gasteiger partial charge on any atom is 0.250 e. The van der Waals surface area contributed by atoms with Gasteiger partial charge < -0.3 is 9.47 Å². The number of carbonyl (C=O) groups is 1. The zero-order chi connectivity index (χ0) is 24.6. The van der Waals surface area contributed by atoms with Gasteiger partial charge in [0.25, 0.3) is 5.91 Å². The van der Waals surface area contributed by atoms with Crippen molar-refractivity contribution in [2.75, 3.05) is 20.0 Å². The quantitative estimate of drug-likeness (QED) is 0.212. The molecule has 1 N–H and O–H groups in total. The maximum absolute atomic E-state index is 12.5. The van der Waals surface area contributed by atoms with Crippen LogP contribution in [-0.4, -0.2) is 46.9 Å². The van der Waals surface area contributed by atoms with Crippen LogP contribution in [0.25, 0.3) is 17.1 Å². The second kappa shape index (κ2) is 11.3. The fraction of sp³-hybridized carbons (Fsp3) is 0.154. The molecule has 4 rings (SSSR count). The van der Waals surface area contributed by atoms with E-state index < -0.39 is 0 Å². The summed E-state index contributed by atoms with van der Waals surface area (Å²) in [4.78, 5) is 12.5. The van der Waals surface area contributed by atoms with Crippen LogP contribution in [0.3, 0.4) is 0 Å². The van der Waals surface area contributed by atoms with Crippen molar-refractivity contribution in [1.29, 1.82) is 0 Å². The number of hydrazone groups is 1. The molecule has 0 fully saturated rings. The Labute approximate surface area is 208 Å². The minimum Gasteiger partial charge on any atom is -0.493 e. The minimum atomic E-state index is -0.258. The summed E-state index contributed by atoms with van der Waals surface area (Å²) in [6.07, 6.45) is 1.55. The summed E-state index contributed by atoms with van der Waals surface area (Å²) in [6, 6.07) is 23.3. The highest BCUT2D eigenvalue weighted by atomic mass is 32.2. The van der Waals surface area contributed by atoms with Crippen LogP contribution in [0, 0.1) is 6.92 Å². The van der Waals surface area contributed by atoms with Crippen molar-refractivity contribution in [2.24, 2.45) is 5.10 Å². The van der Waals surface area contributed by atoms with Gasteiger partial charge in [-0.05, 0) is 42.8 Å². The molecule has 9 heteroatoms. The lowest BCUT2D eigenvalue weighted by Crippen LogP contribution is -2.20. The summed E-state index contributed by atoms with van der Waals surface area (Å²) < 4.78 is 12.5. The predicted octanol–water partition coefficient (Wildman–Crippen LogP) is 4.50. The molecule has 0 saturated heterocycles. The number of benzene rings is 3. The molecule has 0 spiro atoms. The Kier molecular flexibility index (Phi) is 7.79. The Hall–Kier alpha value is -4.11. The number of hydrogen-bond acceptors (Lipinski definition) is 7. The van der Waals surface area contributed by atoms with Crippen molar-refractivity contribution >= 4 is 23.9 Å². The number of hydrogen-bond donors (Lipinski definition) is 1. The number of nitrogens with one attached hydrogen (secondary N) is 1. The standard InChI is InChI=1S/C26H25N5O3S/c1-18-9-12-21(13-10-18)31-25(20-7-5-4-6-8-20)29-30-26(31)35-17-24(32)28-27-16-19-11-14-22(33-2)23(15-19)34-3/h4-16H,17H2,1-3H3,(H,28,32)/b27-16-. The summed E-state index contributed by atoms with van der Waals surface area (Å²) >= 11 is 1.29. The van der Waals surface area contributed by atoms with Crippen LogP contribution < -0.4 is 14.9 Å². The summed E-state index contributed by atoms with van der Waals surface area (Å²) in [5, 5.41) is 13.4. The highest BCUT2D eigenvalue weighted by Crippen LogP contribution is 2.28. The number of amides is 1. The second-order valence-corrected chi connectivity index (χ2v) is 8.48. The predicted molar refractivity (Wildman–Crippen MR) is 138 cm³/mol. The van der Waals surface area contributed by atoms with Crippen molar-refractivity contribution < 1.29 is 14.3 Å². The first-order valence-electron chi connectivity index (χ1n) is 10.8. The lowest BCUT2D eigenvalue weighted by atomic mass is 10.2. The zero-order valence-corrected chi connectivity index (χ0v) is 20.5. The number of rotatable bonds is 9. The lowest BCUT2D eigenvalue weighted by Gasteiger charge is -2.10. The highest BCUT2D eigenvalue weighted by molar-refractivity contribution is 7.99. The lowest BCUT2D eigenvalue weighted by molar-refractivity contribution is -0.118. The van der Waals surface area contributed by atoms with E-state index in [0.29, 0.717) is 22.5 Å². The molecule has 4 aromatic rings. The molecule has 3 aromatic carbocycles. The molecule has 8 nitrogen and oxygen atoms in total. The Bertz CT molecular complexity index is 1320. The molecular formula is C26H25N5O3S. The molecule has 0 atom stereocenters. The van der Waals surface area contributed by atoms with E-state index in [9.17, 15) is 4.79 Å². The van der Waals surface area contributed by atoms with E-state index in [1.54, 1.807) is 32.6 Å². The summed E-state index contributed by atoms with van der Waals surface area (Å²) in [7, 11) is 3.14. The SMILES string of the molecule is COc1ccc(/C=N\NC(=O)CSc2nnc(-c3ccccc3)n2-c2ccc(C)cc2)cc1OC. The van der Waals surface area contributed by atoms with Gasteiger partial charge in [-0.1, -0.05) is 59.8 Å². The van der Waals surface area contributed by atoms with Gasteiger partial charge in [-0.25, -0.2) is 5.43 Å². The van der Waals surface area contributed by atoms with Crippen molar-refractivity contribution in [3.8, 4) is 28.6 Å². The molecule has 1 aromatic heterocycles. The van der Waals surface area contributed by atoms with Gasteiger partial charge in [0.2, 0.25) is 0 Å². The minimum absolute atomic E-state index is 0.127. The number of aryl methyl sites for hydroxylation is 1. The number of aromatic nitrogens is 3. The Balaban J connectivity index is 1.46. The first-order chi connectivity index (χ1) is 17.1. The first-order valence-corrected chi connectivity index (χ1v) is 11.8. The molecule has 0 radical (unpaired) electrons. The molecule has 0 aliphatic carbocycles. The topological polar surface area (TPSA) is 90.6 Å². The van der Waals surface area contributed by atoms with Gasteiger partial charge in [-0.3, -0.25) is 9.36 Å². The molecule has 0 saturated carbocycles. The monoisotopic (exact) mass is 487 g/mol. The fourth-order valence-electron chi connectivity index (χ4n) is 3.34. The van der Waals surface area contributed by atoms with Crippen LogP contribution in [0.1, 0.15) is 11.1 Å². The average molecular weight is 488 g/mol. The van der Waals surface area contributed by atoms with E-state index in [2.05, 4.69) is 20.7 Å². The van der Waals surface area contributed by atoms with Crippen LogP contribution in [0.2, 0.25) is 0 Å². The average Bonchev–Trinajstić information content (AvgIpc) is 3.32. The number of methoxy groups -OCH3 is 2. The number of ether oxygens (including phenoxy) is 2. The van der Waals surface area contributed by atoms with E-state index in [1.807, 2.05) is 72.2 Å². The third-order valence-corrected chi connectivity index (χ3v) is 6.03. The van der Waals surface area contributed by atoms with Crippen LogP contribution in [-0.2, 0) is 4.79 Å². The molecule has 0 aliphatic heterocycles. The summed E-state index contributed by atoms with van der Waals surface area (Å²) in [5.74, 6) is 1.79. The molecule has 35 heavy (non-hydrogen) atoms. The fourth-order valence-corrected chi connectivity index (χ4v) is 4.08. The molecule has 178 valence electrons. The molecule has 1 heterocycles. The summed E-state index contributed by atoms with van der Waals surface area (Å²) in [5.41, 5.74) is 6.34. The Morgan fingerprint density at radius 2 is 1.74 bits per heavy atom. The van der Waals surface area contributed by atoms with Gasteiger partial charge >= 0.3 is 0 Å². The third kappa shape index (κ3) is 5.88.